The van der Waals surface area contributed by atoms with E-state index < -0.39 is 10.0 Å². The Morgan fingerprint density at radius 2 is 1.53 bits per heavy atom. The molecule has 1 aliphatic heterocycles. The van der Waals surface area contributed by atoms with Crippen molar-refractivity contribution >= 4 is 50.5 Å². The number of amides is 1. The smallest absolute Gasteiger partial charge is 0.243 e. The summed E-state index contributed by atoms with van der Waals surface area (Å²) >= 11 is 12.0. The third-order valence-corrected chi connectivity index (χ3v) is 8.20. The molecule has 1 saturated heterocycles. The number of halogens is 2. The van der Waals surface area contributed by atoms with Crippen LogP contribution in [0.5, 0.6) is 0 Å². The molecule has 0 radical (unpaired) electrons. The zero-order valence-corrected chi connectivity index (χ0v) is 19.5. The van der Waals surface area contributed by atoms with Crippen LogP contribution in [0.1, 0.15) is 29.5 Å². The van der Waals surface area contributed by atoms with Gasteiger partial charge in [0.05, 0.1) is 20.6 Å². The van der Waals surface area contributed by atoms with Gasteiger partial charge < -0.3 is 11.1 Å². The van der Waals surface area contributed by atoms with Crippen LogP contribution in [0, 0.1) is 26.7 Å². The second-order valence-corrected chi connectivity index (χ2v) is 10.4. The minimum absolute atomic E-state index is 0.188. The number of hydrogen-bond donors (Lipinski definition) is 2. The van der Waals surface area contributed by atoms with Crippen molar-refractivity contribution in [2.24, 2.45) is 5.92 Å². The van der Waals surface area contributed by atoms with Crippen LogP contribution >= 0.6 is 23.2 Å². The van der Waals surface area contributed by atoms with Crippen LogP contribution in [0.4, 0.5) is 11.4 Å². The molecular weight excluding hydrogens is 445 g/mol. The second kappa shape index (κ2) is 8.75. The lowest BCUT2D eigenvalue weighted by molar-refractivity contribution is -0.120. The highest BCUT2D eigenvalue weighted by Crippen LogP contribution is 2.32. The second-order valence-electron chi connectivity index (χ2n) is 7.75. The fourth-order valence-corrected chi connectivity index (χ4v) is 6.33. The fourth-order valence-electron chi connectivity index (χ4n) is 3.96. The van der Waals surface area contributed by atoms with Gasteiger partial charge in [-0.05, 0) is 56.9 Å². The Morgan fingerprint density at radius 3 is 2.03 bits per heavy atom. The highest BCUT2D eigenvalue weighted by atomic mass is 35.5. The molecule has 0 unspecified atom stereocenters. The number of aryl methyl sites for hydroxylation is 3. The molecule has 2 aromatic carbocycles. The van der Waals surface area contributed by atoms with E-state index in [4.69, 9.17) is 28.9 Å². The first kappa shape index (κ1) is 22.9. The molecule has 0 aromatic heterocycles. The normalized spacial score (nSPS) is 15.9. The minimum atomic E-state index is -3.61. The highest BCUT2D eigenvalue weighted by molar-refractivity contribution is 7.89. The Morgan fingerprint density at radius 1 is 1.03 bits per heavy atom. The average molecular weight is 470 g/mol. The fraction of sp³-hybridized carbons (Fsp3) is 0.381. The number of nitrogens with two attached hydrogens (primary N) is 1. The highest BCUT2D eigenvalue weighted by Gasteiger charge is 2.33. The first-order valence-electron chi connectivity index (χ1n) is 9.64. The van der Waals surface area contributed by atoms with Crippen LogP contribution < -0.4 is 11.1 Å². The van der Waals surface area contributed by atoms with Gasteiger partial charge in [0.25, 0.3) is 0 Å². The van der Waals surface area contributed by atoms with Crippen LogP contribution in [0.3, 0.4) is 0 Å². The molecule has 1 heterocycles. The summed E-state index contributed by atoms with van der Waals surface area (Å²) in [5, 5.41) is 3.33. The van der Waals surface area contributed by atoms with Crippen molar-refractivity contribution in [1.82, 2.24) is 4.31 Å². The number of nitrogens with one attached hydrogen (secondary N) is 1. The van der Waals surface area contributed by atoms with E-state index in [1.54, 1.807) is 12.1 Å². The SMILES string of the molecule is Cc1cc(C)c(S(=O)(=O)N2CCC(C(=O)Nc3cc(Cl)c(N)c(Cl)c3)CC2)c(C)c1. The predicted molar refractivity (Wildman–Crippen MR) is 122 cm³/mol. The van der Waals surface area contributed by atoms with Gasteiger partial charge in [0.15, 0.2) is 0 Å². The number of hydrogen-bond acceptors (Lipinski definition) is 4. The van der Waals surface area contributed by atoms with E-state index in [0.717, 1.165) is 16.7 Å². The number of carbonyl (C=O) groups excluding carboxylic acids is 1. The summed E-state index contributed by atoms with van der Waals surface area (Å²) in [4.78, 5) is 13.0. The number of anilines is 2. The lowest BCUT2D eigenvalue weighted by Gasteiger charge is -2.31. The average Bonchev–Trinajstić information content (AvgIpc) is 2.65. The molecule has 3 N–H and O–H groups in total. The topological polar surface area (TPSA) is 92.5 Å². The van der Waals surface area contributed by atoms with Crippen molar-refractivity contribution in [3.63, 3.8) is 0 Å². The molecule has 1 fully saturated rings. The molecule has 9 heteroatoms. The lowest BCUT2D eigenvalue weighted by Crippen LogP contribution is -2.41. The van der Waals surface area contributed by atoms with Gasteiger partial charge >= 0.3 is 0 Å². The largest absolute Gasteiger partial charge is 0.396 e. The molecule has 0 aliphatic carbocycles. The van der Waals surface area contributed by atoms with Crippen molar-refractivity contribution in [1.29, 1.82) is 0 Å². The molecule has 0 spiro atoms. The molecule has 6 nitrogen and oxygen atoms in total. The van der Waals surface area contributed by atoms with Crippen LogP contribution in [0.25, 0.3) is 0 Å². The monoisotopic (exact) mass is 469 g/mol. The summed E-state index contributed by atoms with van der Waals surface area (Å²) in [7, 11) is -3.61. The Bertz CT molecular complexity index is 1050. The van der Waals surface area contributed by atoms with Gasteiger partial charge in [-0.1, -0.05) is 40.9 Å². The molecule has 1 aliphatic rings. The summed E-state index contributed by atoms with van der Waals surface area (Å²) in [5.41, 5.74) is 8.95. The maximum Gasteiger partial charge on any atom is 0.243 e. The maximum absolute atomic E-state index is 13.2. The molecule has 162 valence electrons. The van der Waals surface area contributed by atoms with E-state index in [9.17, 15) is 13.2 Å². The lowest BCUT2D eigenvalue weighted by atomic mass is 9.97. The van der Waals surface area contributed by atoms with Gasteiger partial charge in [-0.25, -0.2) is 8.42 Å². The molecule has 3 rings (SSSR count). The molecule has 0 saturated carbocycles. The molecule has 2 aromatic rings. The number of nitrogen functional groups attached to an aromatic ring is 1. The molecule has 1 amide bonds. The van der Waals surface area contributed by atoms with Gasteiger partial charge in [-0.15, -0.1) is 0 Å². The van der Waals surface area contributed by atoms with Crippen molar-refractivity contribution in [3.8, 4) is 0 Å². The Balaban J connectivity index is 1.69. The molecule has 0 atom stereocenters. The number of sulfonamides is 1. The Labute approximate surface area is 187 Å². The van der Waals surface area contributed by atoms with Crippen molar-refractivity contribution in [3.05, 3.63) is 51.0 Å². The van der Waals surface area contributed by atoms with Crippen molar-refractivity contribution in [2.75, 3.05) is 24.1 Å². The zero-order chi connectivity index (χ0) is 22.2. The standard InChI is InChI=1S/C21H25Cl2N3O3S/c1-12-8-13(2)20(14(3)9-12)30(28,29)26-6-4-15(5-7-26)21(27)25-16-10-17(22)19(24)18(23)11-16/h8-11,15H,4-7,24H2,1-3H3,(H,25,27). The molecule has 0 bridgehead atoms. The van der Waals surface area contributed by atoms with Crippen LogP contribution in [-0.4, -0.2) is 31.7 Å². The first-order valence-corrected chi connectivity index (χ1v) is 11.8. The number of piperidine rings is 1. The quantitative estimate of drug-likeness (QED) is 0.642. The third-order valence-electron chi connectivity index (χ3n) is 5.37. The predicted octanol–water partition coefficient (Wildman–Crippen LogP) is 4.54. The number of benzene rings is 2. The number of carbonyl (C=O) groups is 1. The Kier molecular flexibility index (Phi) is 6.67. The van der Waals surface area contributed by atoms with E-state index >= 15 is 0 Å². The van der Waals surface area contributed by atoms with Gasteiger partial charge in [0, 0.05) is 24.7 Å². The Hall–Kier alpha value is -1.80. The van der Waals surface area contributed by atoms with Crippen molar-refractivity contribution < 1.29 is 13.2 Å². The number of rotatable bonds is 4. The maximum atomic E-state index is 13.2. The van der Waals surface area contributed by atoms with Gasteiger partial charge in [0.2, 0.25) is 15.9 Å². The zero-order valence-electron chi connectivity index (χ0n) is 17.1. The van der Waals surface area contributed by atoms with E-state index in [1.165, 1.54) is 4.31 Å². The van der Waals surface area contributed by atoms with Crippen LogP contribution in [0.15, 0.2) is 29.2 Å². The van der Waals surface area contributed by atoms with E-state index in [0.29, 0.717) is 23.4 Å². The van der Waals surface area contributed by atoms with Crippen LogP contribution in [-0.2, 0) is 14.8 Å². The number of nitrogens with zero attached hydrogens (tertiary/aromatic N) is 1. The van der Waals surface area contributed by atoms with Gasteiger partial charge in [0.1, 0.15) is 0 Å². The summed E-state index contributed by atoms with van der Waals surface area (Å²) in [6.07, 6.45) is 0.872. The summed E-state index contributed by atoms with van der Waals surface area (Å²) in [5.74, 6) is -0.488. The van der Waals surface area contributed by atoms with Gasteiger partial charge in [-0.2, -0.15) is 4.31 Å². The molecule has 30 heavy (non-hydrogen) atoms. The summed E-state index contributed by atoms with van der Waals surface area (Å²) in [6.45, 7) is 6.15. The van der Waals surface area contributed by atoms with E-state index in [2.05, 4.69) is 5.32 Å². The first-order chi connectivity index (χ1) is 14.0. The van der Waals surface area contributed by atoms with Crippen molar-refractivity contribution in [2.45, 2.75) is 38.5 Å². The summed E-state index contributed by atoms with van der Waals surface area (Å²) < 4.78 is 27.9. The third kappa shape index (κ3) is 4.59. The summed E-state index contributed by atoms with van der Waals surface area (Å²) in [6, 6.07) is 6.85. The van der Waals surface area contributed by atoms with E-state index in [1.807, 2.05) is 32.9 Å². The minimum Gasteiger partial charge on any atom is -0.396 e. The van der Waals surface area contributed by atoms with Gasteiger partial charge in [-0.3, -0.25) is 4.79 Å². The molecular formula is C21H25Cl2N3O3S. The van der Waals surface area contributed by atoms with Crippen LogP contribution in [0.2, 0.25) is 10.0 Å². The van der Waals surface area contributed by atoms with E-state index in [-0.39, 0.29) is 40.6 Å².